The van der Waals surface area contributed by atoms with Gasteiger partial charge in [0.15, 0.2) is 0 Å². The highest BCUT2D eigenvalue weighted by Gasteiger charge is 2.15. The third-order valence-corrected chi connectivity index (χ3v) is 7.92. The maximum atomic E-state index is 9.70. The molecule has 0 saturated carbocycles. The summed E-state index contributed by atoms with van der Waals surface area (Å²) in [5.41, 5.74) is 4.78. The number of unbranched alkanes of at least 4 members (excludes halogenated alkanes) is 7. The van der Waals surface area contributed by atoms with Crippen molar-refractivity contribution in [2.45, 2.75) is 76.0 Å². The molecule has 4 aromatic carbocycles. The lowest BCUT2D eigenvalue weighted by Crippen LogP contribution is -2.01. The Bertz CT molecular complexity index is 1070. The molecule has 0 fully saturated rings. The highest BCUT2D eigenvalue weighted by Crippen LogP contribution is 2.33. The lowest BCUT2D eigenvalue weighted by molar-refractivity contribution is 0.473. The molecule has 4 N–H and O–H groups in total. The maximum absolute atomic E-state index is 9.70. The van der Waals surface area contributed by atoms with E-state index in [9.17, 15) is 20.4 Å². The minimum Gasteiger partial charge on any atom is -0.508 e. The van der Waals surface area contributed by atoms with Crippen LogP contribution in [0.1, 0.15) is 98.3 Å². The molecule has 0 unspecified atom stereocenters. The fourth-order valence-electron chi connectivity index (χ4n) is 5.64. The largest absolute Gasteiger partial charge is 0.508 e. The van der Waals surface area contributed by atoms with Gasteiger partial charge in [0, 0.05) is 11.8 Å². The molecule has 0 atom stereocenters. The molecule has 0 aliphatic rings. The second-order valence-corrected chi connectivity index (χ2v) is 10.9. The van der Waals surface area contributed by atoms with E-state index in [1.54, 1.807) is 48.5 Å². The normalized spacial score (nSPS) is 11.3. The van der Waals surface area contributed by atoms with Gasteiger partial charge in [-0.05, 0) is 83.6 Å². The molecule has 0 heterocycles. The Kier molecular flexibility index (Phi) is 10.9. The third kappa shape index (κ3) is 8.81. The SMILES string of the molecule is Oc1ccc(C(CCCCCCCCCCC(c2ccc(O)cc2)c2ccc(O)cc2)c2ccc(O)cc2)cc1. The summed E-state index contributed by atoms with van der Waals surface area (Å²) in [7, 11) is 0. The van der Waals surface area contributed by atoms with E-state index < -0.39 is 0 Å². The molecule has 4 rings (SSSR count). The summed E-state index contributed by atoms with van der Waals surface area (Å²) in [6.07, 6.45) is 11.8. The minimum absolute atomic E-state index is 0.260. The highest BCUT2D eigenvalue weighted by atomic mass is 16.3. The van der Waals surface area contributed by atoms with Crippen LogP contribution in [0, 0.1) is 0 Å². The van der Waals surface area contributed by atoms with Gasteiger partial charge in [-0.1, -0.05) is 99.9 Å². The summed E-state index contributed by atoms with van der Waals surface area (Å²) < 4.78 is 0. The van der Waals surface area contributed by atoms with Crippen molar-refractivity contribution >= 4 is 0 Å². The summed E-state index contributed by atoms with van der Waals surface area (Å²) in [6, 6.07) is 30.0. The van der Waals surface area contributed by atoms with Crippen LogP contribution in [0.2, 0.25) is 0 Å². The van der Waals surface area contributed by atoms with Crippen molar-refractivity contribution in [1.82, 2.24) is 0 Å². The van der Waals surface area contributed by atoms with Crippen molar-refractivity contribution in [3.63, 3.8) is 0 Å². The number of phenolic OH excluding ortho intramolecular Hbond substituents is 4. The Balaban J connectivity index is 1.17. The standard InChI is InChI=1S/C36H42O4/c37-31-19-11-27(12-20-31)35(28-13-21-32(38)22-14-28)9-7-5-3-1-2-4-6-8-10-36(29-15-23-33(39)24-16-29)30-17-25-34(40)26-18-30/h11-26,35-40H,1-10H2. The van der Waals surface area contributed by atoms with E-state index in [1.807, 2.05) is 48.5 Å². The van der Waals surface area contributed by atoms with Crippen LogP contribution < -0.4 is 0 Å². The monoisotopic (exact) mass is 538 g/mol. The smallest absolute Gasteiger partial charge is 0.115 e. The number of rotatable bonds is 15. The molecule has 210 valence electrons. The van der Waals surface area contributed by atoms with Gasteiger partial charge in [0.1, 0.15) is 23.0 Å². The van der Waals surface area contributed by atoms with Crippen molar-refractivity contribution in [2.75, 3.05) is 0 Å². The minimum atomic E-state index is 0.260. The first-order valence-electron chi connectivity index (χ1n) is 14.7. The Morgan fingerprint density at radius 3 is 0.725 bits per heavy atom. The van der Waals surface area contributed by atoms with Crippen LogP contribution >= 0.6 is 0 Å². The van der Waals surface area contributed by atoms with Gasteiger partial charge >= 0.3 is 0 Å². The molecule has 4 aromatic rings. The zero-order valence-corrected chi connectivity index (χ0v) is 23.3. The molecule has 0 spiro atoms. The maximum Gasteiger partial charge on any atom is 0.115 e. The summed E-state index contributed by atoms with van der Waals surface area (Å²) in [5, 5.41) is 38.8. The molecule has 0 radical (unpaired) electrons. The van der Waals surface area contributed by atoms with Crippen molar-refractivity contribution in [1.29, 1.82) is 0 Å². The summed E-state index contributed by atoms with van der Waals surface area (Å²) >= 11 is 0. The van der Waals surface area contributed by atoms with Crippen molar-refractivity contribution in [2.24, 2.45) is 0 Å². The summed E-state index contributed by atoms with van der Waals surface area (Å²) in [4.78, 5) is 0. The van der Waals surface area contributed by atoms with E-state index in [0.29, 0.717) is 0 Å². The number of hydrogen-bond donors (Lipinski definition) is 4. The van der Waals surface area contributed by atoms with Gasteiger partial charge in [-0.15, -0.1) is 0 Å². The molecule has 0 aliphatic heterocycles. The Morgan fingerprint density at radius 2 is 0.500 bits per heavy atom. The fourth-order valence-corrected chi connectivity index (χ4v) is 5.64. The van der Waals surface area contributed by atoms with Gasteiger partial charge in [0.2, 0.25) is 0 Å². The van der Waals surface area contributed by atoms with Crippen LogP contribution in [0.4, 0.5) is 0 Å². The molecule has 0 aliphatic carbocycles. The molecule has 40 heavy (non-hydrogen) atoms. The van der Waals surface area contributed by atoms with Crippen molar-refractivity contribution < 1.29 is 20.4 Å². The van der Waals surface area contributed by atoms with E-state index >= 15 is 0 Å². The summed E-state index contributed by atoms with van der Waals surface area (Å²) in [5.74, 6) is 1.65. The average molecular weight is 539 g/mol. The number of benzene rings is 4. The van der Waals surface area contributed by atoms with Gasteiger partial charge in [-0.3, -0.25) is 0 Å². The first-order valence-corrected chi connectivity index (χ1v) is 14.7. The molecular weight excluding hydrogens is 496 g/mol. The molecule has 0 aromatic heterocycles. The van der Waals surface area contributed by atoms with E-state index in [2.05, 4.69) is 0 Å². The average Bonchev–Trinajstić information content (AvgIpc) is 2.96. The first kappa shape index (κ1) is 29.1. The molecule has 4 nitrogen and oxygen atoms in total. The lowest BCUT2D eigenvalue weighted by Gasteiger charge is -2.19. The van der Waals surface area contributed by atoms with Crippen LogP contribution in [0.25, 0.3) is 0 Å². The van der Waals surface area contributed by atoms with Gasteiger partial charge in [0.25, 0.3) is 0 Å². The van der Waals surface area contributed by atoms with Crippen LogP contribution in [0.5, 0.6) is 23.0 Å². The predicted molar refractivity (Wildman–Crippen MR) is 162 cm³/mol. The van der Waals surface area contributed by atoms with Crippen molar-refractivity contribution in [3.8, 4) is 23.0 Å². The number of phenols is 4. The Labute approximate surface area is 238 Å². The van der Waals surface area contributed by atoms with E-state index in [-0.39, 0.29) is 34.8 Å². The Morgan fingerprint density at radius 1 is 0.300 bits per heavy atom. The summed E-state index contributed by atoms with van der Waals surface area (Å²) in [6.45, 7) is 0. The van der Waals surface area contributed by atoms with Gasteiger partial charge < -0.3 is 20.4 Å². The molecule has 0 bridgehead atoms. The predicted octanol–water partition coefficient (Wildman–Crippen LogP) is 9.37. The second-order valence-electron chi connectivity index (χ2n) is 10.9. The fraction of sp³-hybridized carbons (Fsp3) is 0.333. The van der Waals surface area contributed by atoms with Crippen molar-refractivity contribution in [3.05, 3.63) is 119 Å². The molecule has 0 amide bonds. The molecule has 4 heteroatoms. The topological polar surface area (TPSA) is 80.9 Å². The number of aromatic hydroxyl groups is 4. The van der Waals surface area contributed by atoms with E-state index in [4.69, 9.17) is 0 Å². The van der Waals surface area contributed by atoms with Gasteiger partial charge in [-0.2, -0.15) is 0 Å². The van der Waals surface area contributed by atoms with Crippen LogP contribution in [0.15, 0.2) is 97.1 Å². The molecule has 0 saturated heterocycles. The second kappa shape index (κ2) is 15.0. The number of hydrogen-bond acceptors (Lipinski definition) is 4. The zero-order valence-electron chi connectivity index (χ0n) is 23.3. The van der Waals surface area contributed by atoms with Gasteiger partial charge in [0.05, 0.1) is 0 Å². The molecular formula is C36H42O4. The van der Waals surface area contributed by atoms with Crippen LogP contribution in [-0.2, 0) is 0 Å². The zero-order chi connectivity index (χ0) is 28.2. The van der Waals surface area contributed by atoms with Gasteiger partial charge in [-0.25, -0.2) is 0 Å². The highest BCUT2D eigenvalue weighted by molar-refractivity contribution is 5.39. The van der Waals surface area contributed by atoms with Crippen LogP contribution in [-0.4, -0.2) is 20.4 Å². The first-order chi connectivity index (χ1) is 19.5. The Hall–Kier alpha value is -3.92. The third-order valence-electron chi connectivity index (χ3n) is 7.92. The quantitative estimate of drug-likeness (QED) is 0.114. The van der Waals surface area contributed by atoms with E-state index in [1.165, 1.54) is 60.8 Å². The van der Waals surface area contributed by atoms with E-state index in [0.717, 1.165) is 25.7 Å². The van der Waals surface area contributed by atoms with Crippen LogP contribution in [0.3, 0.4) is 0 Å². The lowest BCUT2D eigenvalue weighted by atomic mass is 9.86.